The van der Waals surface area contributed by atoms with Gasteiger partial charge in [-0.1, -0.05) is 28.3 Å². The third kappa shape index (κ3) is 7.45. The van der Waals surface area contributed by atoms with Gasteiger partial charge in [-0.25, -0.2) is 9.97 Å². The summed E-state index contributed by atoms with van der Waals surface area (Å²) in [5, 5.41) is 4.49. The van der Waals surface area contributed by atoms with Crippen molar-refractivity contribution in [2.45, 2.75) is 6.17 Å². The molecule has 6 rings (SSSR count). The Labute approximate surface area is 301 Å². The molecule has 0 aliphatic carbocycles. The third-order valence-corrected chi connectivity index (χ3v) is 8.06. The molecule has 0 bridgehead atoms. The molecule has 0 spiro atoms. The van der Waals surface area contributed by atoms with Gasteiger partial charge in [-0.2, -0.15) is 9.97 Å². The summed E-state index contributed by atoms with van der Waals surface area (Å²) in [6.45, 7) is 0.00726. The summed E-state index contributed by atoms with van der Waals surface area (Å²) in [5.74, 6) is -0.117. The highest BCUT2D eigenvalue weighted by Crippen LogP contribution is 2.34. The molecule has 2 aromatic carbocycles. The molecule has 2 aliphatic rings. The molecule has 51 heavy (non-hydrogen) atoms. The van der Waals surface area contributed by atoms with E-state index in [2.05, 4.69) is 39.9 Å². The molecule has 1 unspecified atom stereocenters. The van der Waals surface area contributed by atoms with Gasteiger partial charge in [0.25, 0.3) is 5.91 Å². The second-order valence-corrected chi connectivity index (χ2v) is 11.3. The Morgan fingerprint density at radius 1 is 0.765 bits per heavy atom. The molecule has 0 saturated carbocycles. The first-order chi connectivity index (χ1) is 24.5. The number of aromatic nitrogens is 4. The number of aliphatic imine (C=N–C) groups is 2. The lowest BCUT2D eigenvalue weighted by Gasteiger charge is -2.19. The number of amides is 2. The number of methoxy groups -OCH3 is 4. The molecule has 2 aliphatic heterocycles. The zero-order valence-electron chi connectivity index (χ0n) is 28.0. The molecule has 2 aromatic heterocycles. The van der Waals surface area contributed by atoms with Crippen LogP contribution in [0.2, 0.25) is 10.0 Å². The maximum Gasteiger partial charge on any atom is 0.319 e. The van der Waals surface area contributed by atoms with Crippen LogP contribution in [0.3, 0.4) is 0 Å². The third-order valence-electron chi connectivity index (χ3n) is 7.59. The van der Waals surface area contributed by atoms with Crippen molar-refractivity contribution in [2.75, 3.05) is 58.9 Å². The van der Waals surface area contributed by atoms with Gasteiger partial charge in [0, 0.05) is 52.6 Å². The number of fused-ring (bicyclic) bond motifs is 2. The Kier molecular flexibility index (Phi) is 11.1. The molecule has 4 heterocycles. The fourth-order valence-electron chi connectivity index (χ4n) is 5.10. The van der Waals surface area contributed by atoms with Crippen molar-refractivity contribution in [1.82, 2.24) is 19.9 Å². The van der Waals surface area contributed by atoms with Crippen molar-refractivity contribution in [3.05, 3.63) is 91.5 Å². The highest BCUT2D eigenvalue weighted by molar-refractivity contribution is 6.32. The number of azide groups is 1. The molecule has 0 fully saturated rings. The Morgan fingerprint density at radius 3 is 1.78 bits per heavy atom. The van der Waals surface area contributed by atoms with E-state index in [1.807, 2.05) is 0 Å². The first kappa shape index (κ1) is 36.3. The van der Waals surface area contributed by atoms with Gasteiger partial charge in [0.2, 0.25) is 23.8 Å². The summed E-state index contributed by atoms with van der Waals surface area (Å²) in [6, 6.07) is 10.6. The van der Waals surface area contributed by atoms with Gasteiger partial charge >= 0.3 is 12.0 Å². The largest absolute Gasteiger partial charge is 0.480 e. The minimum absolute atomic E-state index is 0.00726. The fraction of sp³-hybridized carbons (Fsp3) is 0.250. The van der Waals surface area contributed by atoms with Crippen LogP contribution in [0.25, 0.3) is 10.4 Å². The van der Waals surface area contributed by atoms with Gasteiger partial charge < -0.3 is 28.7 Å². The number of anilines is 2. The number of carbonyl (C=O) groups is 2. The van der Waals surface area contributed by atoms with Crippen LogP contribution in [0, 0.1) is 0 Å². The van der Waals surface area contributed by atoms with E-state index >= 15 is 0 Å². The minimum Gasteiger partial charge on any atom is -0.480 e. The summed E-state index contributed by atoms with van der Waals surface area (Å²) >= 11 is 12.3. The Morgan fingerprint density at radius 2 is 1.27 bits per heavy atom. The lowest BCUT2D eigenvalue weighted by molar-refractivity contribution is -0.119. The van der Waals surface area contributed by atoms with Gasteiger partial charge in [0.15, 0.2) is 0 Å². The van der Waals surface area contributed by atoms with Gasteiger partial charge in [-0.15, -0.1) is 0 Å². The average Bonchev–Trinajstić information content (AvgIpc) is 3.33. The van der Waals surface area contributed by atoms with E-state index in [-0.39, 0.29) is 30.4 Å². The number of nitrogens with zero attached hydrogens (tertiary/aromatic N) is 11. The lowest BCUT2D eigenvalue weighted by atomic mass is 10.0. The van der Waals surface area contributed by atoms with Gasteiger partial charge in [-0.3, -0.25) is 19.6 Å². The lowest BCUT2D eigenvalue weighted by Crippen LogP contribution is -2.33. The molecule has 0 N–H and O–H groups in total. The number of ether oxygens (including phenoxy) is 4. The summed E-state index contributed by atoms with van der Waals surface area (Å²) in [6.07, 6.45) is 1.72. The second-order valence-electron chi connectivity index (χ2n) is 10.5. The molecule has 0 saturated heterocycles. The van der Waals surface area contributed by atoms with Crippen LogP contribution in [-0.2, 0) is 9.59 Å². The monoisotopic (exact) mass is 733 g/mol. The van der Waals surface area contributed by atoms with Crippen molar-refractivity contribution in [3.8, 4) is 23.8 Å². The number of benzodiazepines with no additional fused rings is 2. The number of likely N-dealkylation sites (N-methyl/N-ethyl adjacent to an activating group) is 2. The molecule has 2 amide bonds. The zero-order chi connectivity index (χ0) is 36.8. The van der Waals surface area contributed by atoms with E-state index in [1.54, 1.807) is 61.6 Å². The predicted octanol–water partition coefficient (Wildman–Crippen LogP) is 4.56. The van der Waals surface area contributed by atoms with Crippen molar-refractivity contribution >= 4 is 57.8 Å². The van der Waals surface area contributed by atoms with Gasteiger partial charge in [0.1, 0.15) is 6.54 Å². The normalized spacial score (nSPS) is 15.0. The number of halogens is 2. The highest BCUT2D eigenvalue weighted by atomic mass is 35.5. The smallest absolute Gasteiger partial charge is 0.319 e. The van der Waals surface area contributed by atoms with Crippen LogP contribution in [0.1, 0.15) is 22.3 Å². The van der Waals surface area contributed by atoms with E-state index in [0.29, 0.717) is 61.0 Å². The van der Waals surface area contributed by atoms with Crippen molar-refractivity contribution < 1.29 is 28.5 Å². The van der Waals surface area contributed by atoms with Crippen LogP contribution in [0.5, 0.6) is 23.8 Å². The number of hydrogen-bond donors (Lipinski definition) is 0. The fourth-order valence-corrected chi connectivity index (χ4v) is 5.44. The summed E-state index contributed by atoms with van der Waals surface area (Å²) < 4.78 is 20.7. The molecule has 0 radical (unpaired) electrons. The Bertz CT molecular complexity index is 2120. The summed E-state index contributed by atoms with van der Waals surface area (Å²) in [5.41, 5.74) is 13.1. The first-order valence-electron chi connectivity index (χ1n) is 14.8. The average molecular weight is 735 g/mol. The van der Waals surface area contributed by atoms with Crippen LogP contribution in [-0.4, -0.2) is 98.4 Å². The predicted molar refractivity (Wildman–Crippen MR) is 189 cm³/mol. The standard InChI is InChI=1S/C16H14ClN7O3.C16H15ClN4O3/c1-24-11-5-4-8(17)6-9(11)12(20-13(15(24)25)22-23-18)10-7-19-16(27-3)21-14(10)26-2;1-21-12-5-4-9(17)6-10(12)14(18-8-13(21)22)11-7-19-16(24-3)20-15(11)23-2/h4-7,13H,1-3H3;4-7H,8H2,1-3H3. The number of carbonyl (C=O) groups excluding carboxylic acids is 2. The molecule has 19 heteroatoms. The maximum atomic E-state index is 12.7. The zero-order valence-corrected chi connectivity index (χ0v) is 29.5. The summed E-state index contributed by atoms with van der Waals surface area (Å²) in [4.78, 5) is 55.8. The molecular formula is C32H29Cl2N11O6. The first-order valence-corrected chi connectivity index (χ1v) is 15.5. The SMILES string of the molecule is COc1ncc(C2=NC(N=[N+]=[N-])C(=O)N(C)c3ccc(Cl)cc32)c(OC)n1.COc1ncc(C2=NCC(=O)N(C)c3ccc(Cl)cc32)c(OC)n1. The van der Waals surface area contributed by atoms with Gasteiger partial charge in [0.05, 0.1) is 62.4 Å². The Balaban J connectivity index is 0.000000199. The van der Waals surface area contributed by atoms with E-state index in [9.17, 15) is 9.59 Å². The molecule has 17 nitrogen and oxygen atoms in total. The highest BCUT2D eigenvalue weighted by Gasteiger charge is 2.31. The van der Waals surface area contributed by atoms with Crippen molar-refractivity contribution in [1.29, 1.82) is 0 Å². The van der Waals surface area contributed by atoms with Crippen molar-refractivity contribution in [3.63, 3.8) is 0 Å². The molecule has 1 atom stereocenters. The molecular weight excluding hydrogens is 705 g/mol. The van der Waals surface area contributed by atoms with E-state index in [0.717, 1.165) is 0 Å². The van der Waals surface area contributed by atoms with E-state index < -0.39 is 12.1 Å². The summed E-state index contributed by atoms with van der Waals surface area (Å²) in [7, 11) is 9.10. The van der Waals surface area contributed by atoms with Crippen molar-refractivity contribution in [2.24, 2.45) is 15.1 Å². The second kappa shape index (κ2) is 15.7. The van der Waals surface area contributed by atoms with E-state index in [1.165, 1.54) is 39.5 Å². The number of hydrogen-bond acceptors (Lipinski definition) is 13. The topological polar surface area (TPSA) is 203 Å². The number of rotatable bonds is 7. The van der Waals surface area contributed by atoms with Crippen LogP contribution < -0.4 is 28.7 Å². The van der Waals surface area contributed by atoms with E-state index in [4.69, 9.17) is 47.7 Å². The number of benzene rings is 2. The molecule has 262 valence electrons. The van der Waals surface area contributed by atoms with Crippen LogP contribution in [0.4, 0.5) is 11.4 Å². The maximum absolute atomic E-state index is 12.7. The molecule has 4 aromatic rings. The van der Waals surface area contributed by atoms with Gasteiger partial charge in [-0.05, 0) is 41.9 Å². The van der Waals surface area contributed by atoms with Crippen LogP contribution in [0.15, 0.2) is 63.9 Å². The minimum atomic E-state index is -1.30. The van der Waals surface area contributed by atoms with Crippen LogP contribution >= 0.6 is 23.2 Å². The Hall–Kier alpha value is -6.03. The quantitative estimate of drug-likeness (QED) is 0.147.